The van der Waals surface area contributed by atoms with Gasteiger partial charge in [0, 0.05) is 18.7 Å². The van der Waals surface area contributed by atoms with Gasteiger partial charge >= 0.3 is 6.17 Å². The Morgan fingerprint density at radius 1 is 1.18 bits per heavy atom. The second-order valence-corrected chi connectivity index (χ2v) is 12.4. The predicted octanol–water partition coefficient (Wildman–Crippen LogP) is 3.11. The van der Waals surface area contributed by atoms with Crippen molar-refractivity contribution in [2.75, 3.05) is 11.9 Å². The summed E-state index contributed by atoms with van der Waals surface area (Å²) in [5.74, 6) is -6.79. The lowest BCUT2D eigenvalue weighted by Gasteiger charge is -2.33. The topological polar surface area (TPSA) is 112 Å². The summed E-state index contributed by atoms with van der Waals surface area (Å²) in [4.78, 5) is 58.3. The number of nitrogens with one attached hydrogen (secondary N) is 3. The molecule has 2 aliphatic heterocycles. The van der Waals surface area contributed by atoms with Crippen LogP contribution in [0.2, 0.25) is 0 Å². The van der Waals surface area contributed by atoms with Crippen LogP contribution in [0.4, 0.5) is 14.5 Å². The van der Waals surface area contributed by atoms with Crippen molar-refractivity contribution in [2.45, 2.75) is 83.5 Å². The van der Waals surface area contributed by atoms with Crippen molar-refractivity contribution < 1.29 is 28.0 Å². The number of alkyl halides is 2. The molecule has 0 radical (unpaired) electrons. The van der Waals surface area contributed by atoms with Crippen LogP contribution in [-0.4, -0.2) is 59.2 Å². The van der Waals surface area contributed by atoms with E-state index in [2.05, 4.69) is 20.8 Å². The summed E-state index contributed by atoms with van der Waals surface area (Å²) in [5, 5.41) is 8.10. The molecule has 1 aromatic rings. The van der Waals surface area contributed by atoms with Crippen LogP contribution >= 0.6 is 0 Å². The third-order valence-corrected chi connectivity index (χ3v) is 7.79. The maximum Gasteiger partial charge on any atom is 0.350 e. The van der Waals surface area contributed by atoms with Crippen LogP contribution in [0.25, 0.3) is 4.85 Å². The molecule has 9 nitrogen and oxygen atoms in total. The number of fused-ring (bicyclic) bond motifs is 2. The van der Waals surface area contributed by atoms with E-state index in [-0.39, 0.29) is 31.2 Å². The van der Waals surface area contributed by atoms with E-state index in [9.17, 15) is 28.0 Å². The molecule has 11 heteroatoms. The number of carbonyl (C=O) groups is 4. The summed E-state index contributed by atoms with van der Waals surface area (Å²) in [6.45, 7) is 14.6. The molecule has 1 saturated carbocycles. The predicted molar refractivity (Wildman–Crippen MR) is 141 cm³/mol. The van der Waals surface area contributed by atoms with Gasteiger partial charge in [0.15, 0.2) is 0 Å². The molecule has 5 atom stereocenters. The van der Waals surface area contributed by atoms with Gasteiger partial charge in [0.05, 0.1) is 6.42 Å². The third kappa shape index (κ3) is 5.34. The number of amides is 4. The minimum absolute atomic E-state index is 0.00702. The molecule has 0 unspecified atom stereocenters. The monoisotopic (exact) mass is 544 g/mol. The zero-order valence-electron chi connectivity index (χ0n) is 22.9. The summed E-state index contributed by atoms with van der Waals surface area (Å²) in [7, 11) is 0. The summed E-state index contributed by atoms with van der Waals surface area (Å²) < 4.78 is 27.0. The van der Waals surface area contributed by atoms with Crippen molar-refractivity contribution in [1.29, 1.82) is 0 Å². The molecule has 2 fully saturated rings. The number of halogens is 2. The zero-order valence-corrected chi connectivity index (χ0v) is 22.9. The van der Waals surface area contributed by atoms with E-state index in [1.807, 2.05) is 32.0 Å². The number of benzene rings is 1. The van der Waals surface area contributed by atoms with Gasteiger partial charge in [-0.15, -0.1) is 0 Å². The van der Waals surface area contributed by atoms with Crippen molar-refractivity contribution in [2.24, 2.45) is 17.3 Å². The molecule has 1 aliphatic carbocycles. The average molecular weight is 545 g/mol. The first kappa shape index (κ1) is 28.5. The lowest BCUT2D eigenvalue weighted by molar-refractivity contribution is -0.139. The number of hydrogen-bond acceptors (Lipinski definition) is 4. The molecular weight excluding hydrogens is 508 g/mol. The first-order valence-electron chi connectivity index (χ1n) is 13.2. The Morgan fingerprint density at radius 2 is 1.82 bits per heavy atom. The summed E-state index contributed by atoms with van der Waals surface area (Å²) in [6.07, 6.45) is -0.893. The van der Waals surface area contributed by atoms with Crippen LogP contribution in [0.5, 0.6) is 0 Å². The van der Waals surface area contributed by atoms with Crippen molar-refractivity contribution >= 4 is 29.3 Å². The fourth-order valence-corrected chi connectivity index (χ4v) is 5.54. The van der Waals surface area contributed by atoms with Crippen LogP contribution in [-0.2, 0) is 24.6 Å². The van der Waals surface area contributed by atoms with Gasteiger partial charge in [-0.1, -0.05) is 57.7 Å². The van der Waals surface area contributed by atoms with Crippen LogP contribution in [0, 0.1) is 23.8 Å². The van der Waals surface area contributed by atoms with Gasteiger partial charge in [-0.05, 0) is 29.4 Å². The molecule has 4 amide bonds. The quantitative estimate of drug-likeness (QED) is 0.490. The van der Waals surface area contributed by atoms with E-state index in [0.29, 0.717) is 5.69 Å². The van der Waals surface area contributed by atoms with Crippen LogP contribution in [0.1, 0.15) is 59.4 Å². The Balaban J connectivity index is 1.57. The Kier molecular flexibility index (Phi) is 7.21. The fourth-order valence-electron chi connectivity index (χ4n) is 5.54. The van der Waals surface area contributed by atoms with Gasteiger partial charge in [-0.25, -0.2) is 8.78 Å². The summed E-state index contributed by atoms with van der Waals surface area (Å²) in [6, 6.07) is 5.09. The van der Waals surface area contributed by atoms with Gasteiger partial charge in [0.1, 0.15) is 23.4 Å². The number of nitrogens with zero attached hydrogens (tertiary/aromatic N) is 2. The van der Waals surface area contributed by atoms with Crippen molar-refractivity contribution in [1.82, 2.24) is 15.5 Å². The minimum Gasteiger partial charge on any atom is -0.343 e. The highest BCUT2D eigenvalue weighted by Gasteiger charge is 2.62. The number of hydrogen-bond donors (Lipinski definition) is 3. The van der Waals surface area contributed by atoms with Gasteiger partial charge in [0.2, 0.25) is 17.7 Å². The highest BCUT2D eigenvalue weighted by atomic mass is 19.3. The number of anilines is 1. The molecule has 3 N–H and O–H groups in total. The van der Waals surface area contributed by atoms with Crippen molar-refractivity contribution in [3.05, 3.63) is 34.7 Å². The molecule has 0 bridgehead atoms. The van der Waals surface area contributed by atoms with E-state index in [1.54, 1.807) is 26.8 Å². The van der Waals surface area contributed by atoms with Crippen LogP contribution in [0.15, 0.2) is 24.3 Å². The van der Waals surface area contributed by atoms with E-state index in [1.165, 1.54) is 4.90 Å². The Bertz CT molecular complexity index is 1240. The number of para-hydroxylation sites is 1. The molecule has 39 heavy (non-hydrogen) atoms. The smallest absolute Gasteiger partial charge is 0.343 e. The third-order valence-electron chi connectivity index (χ3n) is 7.79. The highest BCUT2D eigenvalue weighted by molar-refractivity contribution is 6.07. The van der Waals surface area contributed by atoms with Crippen molar-refractivity contribution in [3.8, 4) is 6.57 Å². The SMILES string of the molecule is C#[N+][C@@H]1C[C@@]2(CN1C(=O)[C@H](CC(C)C)NC(=O)[C@@H](NC(=O)[C@@H]1CC1(F)F)C(C)(C)C)C(=O)Nc1ccccc12. The Morgan fingerprint density at radius 3 is 2.38 bits per heavy atom. The van der Waals surface area contributed by atoms with E-state index < -0.39 is 65.1 Å². The molecule has 1 spiro atoms. The van der Waals surface area contributed by atoms with Gasteiger partial charge in [-0.3, -0.25) is 24.1 Å². The lowest BCUT2D eigenvalue weighted by atomic mass is 9.80. The van der Waals surface area contributed by atoms with Crippen molar-refractivity contribution in [3.63, 3.8) is 0 Å². The number of likely N-dealkylation sites (tertiary alicyclic amines) is 1. The van der Waals surface area contributed by atoms with E-state index in [4.69, 9.17) is 6.57 Å². The van der Waals surface area contributed by atoms with Crippen LogP contribution in [0.3, 0.4) is 0 Å². The molecule has 210 valence electrons. The number of rotatable bonds is 7. The molecule has 4 rings (SSSR count). The van der Waals surface area contributed by atoms with E-state index >= 15 is 0 Å². The lowest BCUT2D eigenvalue weighted by Crippen LogP contribution is -2.59. The minimum atomic E-state index is -3.07. The molecule has 1 aromatic carbocycles. The first-order chi connectivity index (χ1) is 18.1. The molecule has 2 heterocycles. The maximum atomic E-state index is 13.9. The standard InChI is InChI=1S/C28H35F2N5O4/c1-15(2)11-19(32-23(37)21(26(3,4)5)34-22(36)17-12-28(17,29)30)24(38)35-14-27(13-20(35)31-6)16-9-7-8-10-18(16)33-25(27)39/h6-10,15,17,19-21H,11-14H2,1-5H3,(H2-,32,33,34,36,37,39)/p+1/t17-,19-,20-,21+,27-/m0/s1. The molecule has 3 aliphatic rings. The van der Waals surface area contributed by atoms with Gasteiger partial charge in [-0.2, -0.15) is 0 Å². The molecular formula is C28H36F2N5O4+. The largest absolute Gasteiger partial charge is 0.350 e. The Hall–Kier alpha value is -3.55. The normalized spacial score (nSPS) is 26.4. The van der Waals surface area contributed by atoms with Gasteiger partial charge < -0.3 is 16.0 Å². The average Bonchev–Trinajstić information content (AvgIpc) is 3.20. The zero-order chi connectivity index (χ0) is 28.9. The van der Waals surface area contributed by atoms with Gasteiger partial charge in [0.25, 0.3) is 18.4 Å². The number of carbonyl (C=O) groups excluding carboxylic acids is 4. The first-order valence-corrected chi connectivity index (χ1v) is 13.2. The molecule has 0 aromatic heterocycles. The molecule has 1 saturated heterocycles. The maximum absolute atomic E-state index is 13.9. The Labute approximate surface area is 226 Å². The second-order valence-electron chi connectivity index (χ2n) is 12.4. The highest BCUT2D eigenvalue weighted by Crippen LogP contribution is 2.49. The second kappa shape index (κ2) is 9.88. The van der Waals surface area contributed by atoms with E-state index in [0.717, 1.165) is 5.56 Å². The fraction of sp³-hybridized carbons (Fsp3) is 0.607. The summed E-state index contributed by atoms with van der Waals surface area (Å²) >= 11 is 0. The van der Waals surface area contributed by atoms with Crippen LogP contribution < -0.4 is 16.0 Å². The summed E-state index contributed by atoms with van der Waals surface area (Å²) in [5.41, 5.74) is -0.419.